The van der Waals surface area contributed by atoms with Crippen molar-refractivity contribution in [1.29, 1.82) is 0 Å². The molecule has 0 aliphatic rings. The van der Waals surface area contributed by atoms with Gasteiger partial charge in [-0.1, -0.05) is 48.7 Å². The van der Waals surface area contributed by atoms with E-state index in [2.05, 4.69) is 36.3 Å². The molecule has 2 atom stereocenters. The van der Waals surface area contributed by atoms with Gasteiger partial charge in [-0.15, -0.1) is 10.2 Å². The Morgan fingerprint density at radius 3 is 2.56 bits per heavy atom. The van der Waals surface area contributed by atoms with Gasteiger partial charge in [-0.05, 0) is 26.1 Å². The van der Waals surface area contributed by atoms with E-state index in [4.69, 9.17) is 0 Å². The van der Waals surface area contributed by atoms with E-state index in [0.29, 0.717) is 11.3 Å². The summed E-state index contributed by atoms with van der Waals surface area (Å²) in [7, 11) is 0. The smallest absolute Gasteiger partial charge is 0.175 e. The first-order valence-electron chi connectivity index (χ1n) is 5.43. The summed E-state index contributed by atoms with van der Waals surface area (Å²) in [5, 5.41) is 12.3. The standard InChI is InChI=1S/C10H19N3S3/c1-5-11-7(2)6-8(3)15-10-13-12-9(14-4)16-10/h7-8,11H,5-6H2,1-4H3. The van der Waals surface area contributed by atoms with Gasteiger partial charge in [0, 0.05) is 11.3 Å². The number of hydrogen-bond acceptors (Lipinski definition) is 6. The van der Waals surface area contributed by atoms with Crippen molar-refractivity contribution in [1.82, 2.24) is 15.5 Å². The number of nitrogens with zero attached hydrogens (tertiary/aromatic N) is 2. The minimum atomic E-state index is 0.570. The number of aromatic nitrogens is 2. The second kappa shape index (κ2) is 7.53. The Morgan fingerprint density at radius 2 is 2.00 bits per heavy atom. The largest absolute Gasteiger partial charge is 0.314 e. The van der Waals surface area contributed by atoms with Crippen LogP contribution in [0, 0.1) is 0 Å². The zero-order chi connectivity index (χ0) is 12.0. The maximum atomic E-state index is 4.17. The third-order valence-corrected chi connectivity index (χ3v) is 5.21. The minimum absolute atomic E-state index is 0.570. The lowest BCUT2D eigenvalue weighted by atomic mass is 10.2. The molecule has 2 unspecified atom stereocenters. The molecule has 0 aliphatic heterocycles. The third-order valence-electron chi connectivity index (χ3n) is 2.10. The lowest BCUT2D eigenvalue weighted by Crippen LogP contribution is -2.28. The molecule has 1 heterocycles. The Kier molecular flexibility index (Phi) is 6.72. The topological polar surface area (TPSA) is 37.8 Å². The van der Waals surface area contributed by atoms with Crippen molar-refractivity contribution < 1.29 is 0 Å². The molecule has 1 aromatic heterocycles. The van der Waals surface area contributed by atoms with Crippen molar-refractivity contribution in [3.05, 3.63) is 0 Å². The van der Waals surface area contributed by atoms with Crippen LogP contribution in [0.15, 0.2) is 8.68 Å². The summed E-state index contributed by atoms with van der Waals surface area (Å²) < 4.78 is 2.13. The van der Waals surface area contributed by atoms with Gasteiger partial charge in [-0.3, -0.25) is 0 Å². The summed E-state index contributed by atoms with van der Waals surface area (Å²) in [6, 6.07) is 0.570. The van der Waals surface area contributed by atoms with Crippen LogP contribution in [-0.2, 0) is 0 Å². The summed E-state index contributed by atoms with van der Waals surface area (Å²) in [4.78, 5) is 0. The first-order valence-corrected chi connectivity index (χ1v) is 8.35. The van der Waals surface area contributed by atoms with Crippen LogP contribution in [-0.4, -0.2) is 34.3 Å². The van der Waals surface area contributed by atoms with Gasteiger partial charge in [-0.25, -0.2) is 0 Å². The van der Waals surface area contributed by atoms with Gasteiger partial charge in [0.05, 0.1) is 0 Å². The predicted molar refractivity (Wildman–Crippen MR) is 74.8 cm³/mol. The number of thioether (sulfide) groups is 2. The molecule has 16 heavy (non-hydrogen) atoms. The normalized spacial score (nSPS) is 15.0. The summed E-state index contributed by atoms with van der Waals surface area (Å²) in [5.74, 6) is 0. The van der Waals surface area contributed by atoms with Crippen LogP contribution >= 0.6 is 34.9 Å². The maximum Gasteiger partial charge on any atom is 0.175 e. The Morgan fingerprint density at radius 1 is 1.31 bits per heavy atom. The van der Waals surface area contributed by atoms with Gasteiger partial charge in [-0.2, -0.15) is 0 Å². The second-order valence-corrected chi connectivity index (χ2v) is 7.38. The van der Waals surface area contributed by atoms with Crippen molar-refractivity contribution in [2.45, 2.75) is 47.2 Å². The van der Waals surface area contributed by atoms with E-state index in [-0.39, 0.29) is 0 Å². The Hall–Kier alpha value is 0.220. The minimum Gasteiger partial charge on any atom is -0.314 e. The Bertz CT molecular complexity index is 303. The lowest BCUT2D eigenvalue weighted by molar-refractivity contribution is 0.530. The first-order chi connectivity index (χ1) is 7.65. The molecule has 0 aromatic carbocycles. The number of nitrogens with one attached hydrogen (secondary N) is 1. The first kappa shape index (κ1) is 14.3. The van der Waals surface area contributed by atoms with Gasteiger partial charge in [0.1, 0.15) is 0 Å². The molecule has 0 spiro atoms. The number of rotatable bonds is 7. The summed E-state index contributed by atoms with van der Waals surface area (Å²) >= 11 is 5.17. The van der Waals surface area contributed by atoms with E-state index >= 15 is 0 Å². The maximum absolute atomic E-state index is 4.17. The zero-order valence-electron chi connectivity index (χ0n) is 10.2. The fraction of sp³-hybridized carbons (Fsp3) is 0.800. The molecule has 0 aliphatic carbocycles. The highest BCUT2D eigenvalue weighted by Crippen LogP contribution is 2.31. The molecular weight excluding hydrogens is 258 g/mol. The van der Waals surface area contributed by atoms with Crippen molar-refractivity contribution in [3.63, 3.8) is 0 Å². The van der Waals surface area contributed by atoms with Crippen LogP contribution in [0.2, 0.25) is 0 Å². The zero-order valence-corrected chi connectivity index (χ0v) is 12.6. The number of hydrogen-bond donors (Lipinski definition) is 1. The third kappa shape index (κ3) is 5.03. The average Bonchev–Trinajstić information content (AvgIpc) is 2.65. The molecule has 92 valence electrons. The fourth-order valence-electron chi connectivity index (χ4n) is 1.48. The molecule has 0 amide bonds. The molecule has 6 heteroatoms. The summed E-state index contributed by atoms with van der Waals surface area (Å²) in [5.41, 5.74) is 0. The highest BCUT2D eigenvalue weighted by atomic mass is 32.2. The average molecular weight is 277 g/mol. The molecule has 3 nitrogen and oxygen atoms in total. The van der Waals surface area contributed by atoms with Crippen LogP contribution in [0.25, 0.3) is 0 Å². The van der Waals surface area contributed by atoms with Gasteiger partial charge < -0.3 is 5.32 Å². The van der Waals surface area contributed by atoms with Crippen molar-refractivity contribution in [3.8, 4) is 0 Å². The molecule has 0 fully saturated rings. The predicted octanol–water partition coefficient (Wildman–Crippen LogP) is 3.13. The van der Waals surface area contributed by atoms with Crippen LogP contribution in [0.4, 0.5) is 0 Å². The SMILES string of the molecule is CCNC(C)CC(C)Sc1nnc(SC)s1. The van der Waals surface area contributed by atoms with Gasteiger partial charge in [0.15, 0.2) is 8.68 Å². The molecule has 1 N–H and O–H groups in total. The van der Waals surface area contributed by atoms with Gasteiger partial charge in [0.2, 0.25) is 0 Å². The van der Waals surface area contributed by atoms with E-state index < -0.39 is 0 Å². The van der Waals surface area contributed by atoms with Crippen LogP contribution in [0.1, 0.15) is 27.2 Å². The van der Waals surface area contributed by atoms with E-state index in [9.17, 15) is 0 Å². The molecule has 1 rings (SSSR count). The molecule has 0 bridgehead atoms. The second-order valence-electron chi connectivity index (χ2n) is 3.66. The van der Waals surface area contributed by atoms with Crippen LogP contribution in [0.3, 0.4) is 0 Å². The van der Waals surface area contributed by atoms with Gasteiger partial charge in [0.25, 0.3) is 0 Å². The van der Waals surface area contributed by atoms with Gasteiger partial charge >= 0.3 is 0 Å². The van der Waals surface area contributed by atoms with Crippen molar-refractivity contribution >= 4 is 34.9 Å². The van der Waals surface area contributed by atoms with E-state index in [1.165, 1.54) is 0 Å². The highest BCUT2D eigenvalue weighted by molar-refractivity contribution is 8.03. The molecule has 1 aromatic rings. The Labute approximate surface area is 110 Å². The molecule has 0 radical (unpaired) electrons. The van der Waals surface area contributed by atoms with Crippen molar-refractivity contribution in [2.75, 3.05) is 12.8 Å². The summed E-state index contributed by atoms with van der Waals surface area (Å²) in [6.45, 7) is 7.66. The Balaban J connectivity index is 2.35. The van der Waals surface area contributed by atoms with E-state index in [1.807, 2.05) is 18.0 Å². The van der Waals surface area contributed by atoms with Crippen LogP contribution in [0.5, 0.6) is 0 Å². The fourth-order valence-corrected chi connectivity index (χ4v) is 4.38. The molecular formula is C10H19N3S3. The van der Waals surface area contributed by atoms with Crippen LogP contribution < -0.4 is 5.32 Å². The molecule has 0 saturated heterocycles. The highest BCUT2D eigenvalue weighted by Gasteiger charge is 2.12. The van der Waals surface area contributed by atoms with E-state index in [0.717, 1.165) is 21.6 Å². The quantitative estimate of drug-likeness (QED) is 0.775. The summed E-state index contributed by atoms with van der Waals surface area (Å²) in [6.07, 6.45) is 3.19. The monoisotopic (exact) mass is 277 g/mol. The molecule has 0 saturated carbocycles. The lowest BCUT2D eigenvalue weighted by Gasteiger charge is -2.16. The van der Waals surface area contributed by atoms with E-state index in [1.54, 1.807) is 23.1 Å². The van der Waals surface area contributed by atoms with Crippen molar-refractivity contribution in [2.24, 2.45) is 0 Å².